The van der Waals surface area contributed by atoms with E-state index in [0.717, 1.165) is 30.6 Å². The standard InChI is InChI=1S/C12H14F2N2O/c13-11(14)7-16-12(17)9-3-1-5-10-8(9)4-2-6-15-10/h1,3,5,11,15H,2,4,6-7H2,(H,16,17). The molecule has 92 valence electrons. The number of amides is 1. The zero-order valence-electron chi connectivity index (χ0n) is 9.30. The summed E-state index contributed by atoms with van der Waals surface area (Å²) in [5.41, 5.74) is 2.35. The molecule has 1 amide bonds. The Morgan fingerprint density at radius 2 is 2.29 bits per heavy atom. The van der Waals surface area contributed by atoms with Gasteiger partial charge in [-0.2, -0.15) is 0 Å². The van der Waals surface area contributed by atoms with Crippen LogP contribution in [-0.2, 0) is 6.42 Å². The first-order chi connectivity index (χ1) is 8.18. The minimum absolute atomic E-state index is 0.425. The lowest BCUT2D eigenvalue weighted by molar-refractivity contribution is 0.0891. The van der Waals surface area contributed by atoms with Crippen molar-refractivity contribution in [1.29, 1.82) is 0 Å². The molecule has 5 heteroatoms. The highest BCUT2D eigenvalue weighted by atomic mass is 19.3. The number of fused-ring (bicyclic) bond motifs is 1. The molecule has 0 saturated carbocycles. The molecule has 0 radical (unpaired) electrons. The first kappa shape index (κ1) is 11.8. The molecule has 0 atom stereocenters. The summed E-state index contributed by atoms with van der Waals surface area (Å²) >= 11 is 0. The van der Waals surface area contributed by atoms with Gasteiger partial charge in [0, 0.05) is 17.8 Å². The molecule has 1 aliphatic rings. The zero-order chi connectivity index (χ0) is 12.3. The van der Waals surface area contributed by atoms with Crippen LogP contribution in [0.25, 0.3) is 0 Å². The molecule has 0 unspecified atom stereocenters. The van der Waals surface area contributed by atoms with Crippen molar-refractivity contribution >= 4 is 11.6 Å². The molecule has 2 N–H and O–H groups in total. The molecule has 0 spiro atoms. The van der Waals surface area contributed by atoms with Gasteiger partial charge in [-0.15, -0.1) is 0 Å². The Morgan fingerprint density at radius 1 is 1.47 bits per heavy atom. The van der Waals surface area contributed by atoms with Crippen LogP contribution in [0.1, 0.15) is 22.3 Å². The number of rotatable bonds is 3. The maximum Gasteiger partial charge on any atom is 0.255 e. The van der Waals surface area contributed by atoms with Gasteiger partial charge in [0.1, 0.15) is 0 Å². The number of alkyl halides is 2. The largest absolute Gasteiger partial charge is 0.385 e. The Hall–Kier alpha value is -1.65. The maximum atomic E-state index is 12.0. The van der Waals surface area contributed by atoms with Crippen LogP contribution in [0.5, 0.6) is 0 Å². The Balaban J connectivity index is 2.17. The van der Waals surface area contributed by atoms with E-state index < -0.39 is 18.9 Å². The number of benzene rings is 1. The Kier molecular flexibility index (Phi) is 3.56. The van der Waals surface area contributed by atoms with Crippen LogP contribution in [0.15, 0.2) is 18.2 Å². The second-order valence-electron chi connectivity index (χ2n) is 3.96. The molecule has 0 saturated heterocycles. The summed E-state index contributed by atoms with van der Waals surface area (Å²) in [6, 6.07) is 5.33. The van der Waals surface area contributed by atoms with Crippen LogP contribution in [0, 0.1) is 0 Å². The summed E-state index contributed by atoms with van der Waals surface area (Å²) in [6.45, 7) is 0.283. The highest BCUT2D eigenvalue weighted by Gasteiger charge is 2.17. The van der Waals surface area contributed by atoms with E-state index in [0.29, 0.717) is 5.56 Å². The lowest BCUT2D eigenvalue weighted by atomic mass is 9.97. The smallest absolute Gasteiger partial charge is 0.255 e. The molecule has 0 aromatic heterocycles. The molecule has 1 heterocycles. The van der Waals surface area contributed by atoms with Gasteiger partial charge in [-0.25, -0.2) is 8.78 Å². The molecule has 3 nitrogen and oxygen atoms in total. The van der Waals surface area contributed by atoms with Crippen LogP contribution < -0.4 is 10.6 Å². The molecule has 1 aliphatic heterocycles. The fourth-order valence-electron chi connectivity index (χ4n) is 1.99. The highest BCUT2D eigenvalue weighted by molar-refractivity contribution is 5.97. The summed E-state index contributed by atoms with van der Waals surface area (Å²) in [6.07, 6.45) is -0.760. The van der Waals surface area contributed by atoms with Gasteiger partial charge < -0.3 is 10.6 Å². The van der Waals surface area contributed by atoms with Crippen LogP contribution in [-0.4, -0.2) is 25.4 Å². The summed E-state index contributed by atoms with van der Waals surface area (Å²) < 4.78 is 24.0. The van der Waals surface area contributed by atoms with Crippen molar-refractivity contribution in [3.63, 3.8) is 0 Å². The lowest BCUT2D eigenvalue weighted by Gasteiger charge is -2.20. The number of hydrogen-bond donors (Lipinski definition) is 2. The van der Waals surface area contributed by atoms with Crippen LogP contribution in [0.3, 0.4) is 0 Å². The van der Waals surface area contributed by atoms with Crippen molar-refractivity contribution < 1.29 is 13.6 Å². The monoisotopic (exact) mass is 240 g/mol. The second-order valence-corrected chi connectivity index (χ2v) is 3.96. The van der Waals surface area contributed by atoms with Crippen molar-refractivity contribution in [3.05, 3.63) is 29.3 Å². The van der Waals surface area contributed by atoms with Crippen molar-refractivity contribution in [1.82, 2.24) is 5.32 Å². The predicted octanol–water partition coefficient (Wildman–Crippen LogP) is 2.04. The molecule has 1 aromatic carbocycles. The van der Waals surface area contributed by atoms with Gasteiger partial charge in [-0.05, 0) is 30.5 Å². The van der Waals surface area contributed by atoms with Gasteiger partial charge in [-0.3, -0.25) is 4.79 Å². The number of carbonyl (C=O) groups excluding carboxylic acids is 1. The van der Waals surface area contributed by atoms with E-state index in [2.05, 4.69) is 10.6 Å². The van der Waals surface area contributed by atoms with E-state index in [1.54, 1.807) is 12.1 Å². The van der Waals surface area contributed by atoms with Gasteiger partial charge in [0.15, 0.2) is 0 Å². The molecule has 2 rings (SSSR count). The molecular formula is C12H14F2N2O. The number of halogens is 2. The highest BCUT2D eigenvalue weighted by Crippen LogP contribution is 2.25. The minimum Gasteiger partial charge on any atom is -0.385 e. The number of carbonyl (C=O) groups is 1. The van der Waals surface area contributed by atoms with Crippen molar-refractivity contribution in [2.24, 2.45) is 0 Å². The molecule has 17 heavy (non-hydrogen) atoms. The van der Waals surface area contributed by atoms with Crippen molar-refractivity contribution in [3.8, 4) is 0 Å². The normalized spacial score (nSPS) is 14.1. The number of anilines is 1. The van der Waals surface area contributed by atoms with Gasteiger partial charge in [0.05, 0.1) is 6.54 Å². The first-order valence-corrected chi connectivity index (χ1v) is 5.60. The molecular weight excluding hydrogens is 226 g/mol. The second kappa shape index (κ2) is 5.12. The van der Waals surface area contributed by atoms with Gasteiger partial charge in [0.25, 0.3) is 12.3 Å². The van der Waals surface area contributed by atoms with Crippen molar-refractivity contribution in [2.45, 2.75) is 19.3 Å². The van der Waals surface area contributed by atoms with E-state index in [1.807, 2.05) is 6.07 Å². The van der Waals surface area contributed by atoms with Gasteiger partial charge in [-0.1, -0.05) is 6.07 Å². The van der Waals surface area contributed by atoms with Crippen LogP contribution in [0.2, 0.25) is 0 Å². The average molecular weight is 240 g/mol. The quantitative estimate of drug-likeness (QED) is 0.848. The topological polar surface area (TPSA) is 41.1 Å². The van der Waals surface area contributed by atoms with E-state index in [-0.39, 0.29) is 0 Å². The summed E-state index contributed by atoms with van der Waals surface area (Å²) in [5.74, 6) is -0.425. The molecule has 0 aliphatic carbocycles. The molecule has 1 aromatic rings. The molecule has 0 fully saturated rings. The molecule has 0 bridgehead atoms. The summed E-state index contributed by atoms with van der Waals surface area (Å²) in [7, 11) is 0. The number of hydrogen-bond acceptors (Lipinski definition) is 2. The number of nitrogens with one attached hydrogen (secondary N) is 2. The van der Waals surface area contributed by atoms with E-state index in [1.165, 1.54) is 0 Å². The first-order valence-electron chi connectivity index (χ1n) is 5.60. The summed E-state index contributed by atoms with van der Waals surface area (Å²) in [4.78, 5) is 11.7. The Bertz CT molecular complexity index is 421. The van der Waals surface area contributed by atoms with Crippen molar-refractivity contribution in [2.75, 3.05) is 18.4 Å². The third-order valence-electron chi connectivity index (χ3n) is 2.76. The van der Waals surface area contributed by atoms with E-state index in [9.17, 15) is 13.6 Å². The Morgan fingerprint density at radius 3 is 3.06 bits per heavy atom. The zero-order valence-corrected chi connectivity index (χ0v) is 9.30. The Labute approximate surface area is 98.2 Å². The van der Waals surface area contributed by atoms with Crippen LogP contribution in [0.4, 0.5) is 14.5 Å². The fourth-order valence-corrected chi connectivity index (χ4v) is 1.99. The third-order valence-corrected chi connectivity index (χ3v) is 2.76. The predicted molar refractivity (Wildman–Crippen MR) is 61.6 cm³/mol. The average Bonchev–Trinajstić information content (AvgIpc) is 2.35. The minimum atomic E-state index is -2.52. The SMILES string of the molecule is O=C(NCC(F)F)c1cccc2c1CCCN2. The van der Waals surface area contributed by atoms with E-state index >= 15 is 0 Å². The van der Waals surface area contributed by atoms with Gasteiger partial charge >= 0.3 is 0 Å². The maximum absolute atomic E-state index is 12.0. The third kappa shape index (κ3) is 2.72. The van der Waals surface area contributed by atoms with E-state index in [4.69, 9.17) is 0 Å². The lowest BCUT2D eigenvalue weighted by Crippen LogP contribution is -2.30. The fraction of sp³-hybridized carbons (Fsp3) is 0.417. The van der Waals surface area contributed by atoms with Gasteiger partial charge in [0.2, 0.25) is 0 Å². The van der Waals surface area contributed by atoms with Crippen LogP contribution >= 0.6 is 0 Å². The summed E-state index contributed by atoms with van der Waals surface area (Å²) in [5, 5.41) is 5.43.